The molecule has 0 aliphatic rings. The Bertz CT molecular complexity index is 775. The third-order valence-electron chi connectivity index (χ3n) is 4.28. The molecule has 1 aromatic carbocycles. The third kappa shape index (κ3) is 14.9. The van der Waals surface area contributed by atoms with Gasteiger partial charge in [0.15, 0.2) is 6.29 Å². The zero-order valence-electron chi connectivity index (χ0n) is 20.5. The number of ether oxygens (including phenoxy) is 6. The van der Waals surface area contributed by atoms with Crippen LogP contribution in [0.1, 0.15) is 11.9 Å². The number of methoxy groups -OCH3 is 1. The Morgan fingerprint density at radius 3 is 1.61 bits per heavy atom. The first-order chi connectivity index (χ1) is 17.9. The van der Waals surface area contributed by atoms with E-state index >= 15 is 0 Å². The van der Waals surface area contributed by atoms with E-state index in [-0.39, 0.29) is 13.2 Å². The van der Waals surface area contributed by atoms with Crippen LogP contribution >= 0.6 is 0 Å². The number of rotatable bonds is 19. The van der Waals surface area contributed by atoms with Gasteiger partial charge in [0.25, 0.3) is 0 Å². The molecule has 0 aliphatic carbocycles. The van der Waals surface area contributed by atoms with Crippen molar-refractivity contribution >= 4 is 11.8 Å². The van der Waals surface area contributed by atoms with Crippen molar-refractivity contribution in [3.63, 3.8) is 0 Å². The summed E-state index contributed by atoms with van der Waals surface area (Å²) in [6.07, 6.45) is -11.4. The fourth-order valence-electron chi connectivity index (χ4n) is 2.51. The number of hydrogen-bond acceptors (Lipinski definition) is 8. The molecule has 1 aromatic rings. The second-order valence-electron chi connectivity index (χ2n) is 7.22. The highest BCUT2D eigenvalue weighted by Crippen LogP contribution is 2.22. The quantitative estimate of drug-likeness (QED) is 0.149. The van der Waals surface area contributed by atoms with Gasteiger partial charge in [-0.3, -0.25) is 9.59 Å². The maximum absolute atomic E-state index is 12.3. The van der Waals surface area contributed by atoms with Gasteiger partial charge in [-0.2, -0.15) is 26.3 Å². The fourth-order valence-corrected chi connectivity index (χ4v) is 2.51. The van der Waals surface area contributed by atoms with E-state index in [1.54, 1.807) is 29.9 Å². The zero-order chi connectivity index (χ0) is 28.4. The van der Waals surface area contributed by atoms with E-state index < -0.39 is 56.8 Å². The Hall–Kier alpha value is -2.66. The maximum Gasteiger partial charge on any atom is 0.471 e. The number of alkyl halides is 6. The number of carbonyl (C=O) groups excluding carboxylic acids is 2. The summed E-state index contributed by atoms with van der Waals surface area (Å²) in [5.41, 5.74) is 0.353. The summed E-state index contributed by atoms with van der Waals surface area (Å²) in [5.74, 6) is -3.86. The van der Waals surface area contributed by atoms with Gasteiger partial charge in [0.2, 0.25) is 0 Å². The fraction of sp³-hybridized carbons (Fsp3) is 0.636. The molecule has 0 spiro atoms. The summed E-state index contributed by atoms with van der Waals surface area (Å²) in [7, 11) is 1.57. The summed E-state index contributed by atoms with van der Waals surface area (Å²) >= 11 is 0. The zero-order valence-corrected chi connectivity index (χ0v) is 20.5. The van der Waals surface area contributed by atoms with E-state index in [9.17, 15) is 35.9 Å². The largest absolute Gasteiger partial charge is 0.491 e. The van der Waals surface area contributed by atoms with Crippen LogP contribution in [0.25, 0.3) is 0 Å². The van der Waals surface area contributed by atoms with Crippen LogP contribution in [-0.2, 0) is 33.3 Å². The van der Waals surface area contributed by atoms with Gasteiger partial charge in [-0.25, -0.2) is 0 Å². The molecular formula is C22H30F6N2O8. The van der Waals surface area contributed by atoms with Gasteiger partial charge < -0.3 is 39.1 Å². The topological polar surface area (TPSA) is 114 Å². The van der Waals surface area contributed by atoms with Crippen molar-refractivity contribution in [1.82, 2.24) is 10.6 Å². The Balaban J connectivity index is 2.53. The number of carbonyl (C=O) groups is 2. The van der Waals surface area contributed by atoms with Crippen LogP contribution in [0.5, 0.6) is 5.75 Å². The molecule has 0 unspecified atom stereocenters. The van der Waals surface area contributed by atoms with Crippen LogP contribution in [0.4, 0.5) is 26.3 Å². The lowest BCUT2D eigenvalue weighted by Gasteiger charge is -2.20. The number of benzene rings is 1. The molecule has 0 atom stereocenters. The van der Waals surface area contributed by atoms with Gasteiger partial charge >= 0.3 is 24.2 Å². The van der Waals surface area contributed by atoms with Crippen LogP contribution in [0.2, 0.25) is 0 Å². The SMILES string of the molecule is COCCOCCOCCOc1ccc(C(OCCNC(=O)C(F)(F)F)OCCNC(=O)C(F)(F)F)cc1. The van der Waals surface area contributed by atoms with E-state index in [0.29, 0.717) is 37.7 Å². The highest BCUT2D eigenvalue weighted by Gasteiger charge is 2.39. The Morgan fingerprint density at radius 1 is 0.711 bits per heavy atom. The lowest BCUT2D eigenvalue weighted by atomic mass is 10.2. The lowest BCUT2D eigenvalue weighted by Crippen LogP contribution is -2.39. The number of amides is 2. The molecule has 38 heavy (non-hydrogen) atoms. The molecule has 0 aromatic heterocycles. The first-order valence-electron chi connectivity index (χ1n) is 11.3. The number of hydrogen-bond donors (Lipinski definition) is 2. The van der Waals surface area contributed by atoms with Gasteiger partial charge in [-0.05, 0) is 12.1 Å². The van der Waals surface area contributed by atoms with Crippen molar-refractivity contribution in [1.29, 1.82) is 0 Å². The van der Waals surface area contributed by atoms with Crippen molar-refractivity contribution in [3.8, 4) is 5.75 Å². The second-order valence-corrected chi connectivity index (χ2v) is 7.22. The summed E-state index contributed by atoms with van der Waals surface area (Å²) in [5, 5.41) is 3.23. The first-order valence-corrected chi connectivity index (χ1v) is 11.3. The molecule has 16 heteroatoms. The predicted molar refractivity (Wildman–Crippen MR) is 118 cm³/mol. The molecule has 2 amide bonds. The maximum atomic E-state index is 12.3. The van der Waals surface area contributed by atoms with Gasteiger partial charge in [0.05, 0.1) is 46.2 Å². The van der Waals surface area contributed by atoms with E-state index in [1.807, 2.05) is 0 Å². The van der Waals surface area contributed by atoms with Crippen molar-refractivity contribution in [2.75, 3.05) is 73.1 Å². The summed E-state index contributed by atoms with van der Waals surface area (Å²) in [6, 6.07) is 6.10. The third-order valence-corrected chi connectivity index (χ3v) is 4.28. The van der Waals surface area contributed by atoms with Gasteiger partial charge in [-0.1, -0.05) is 12.1 Å². The van der Waals surface area contributed by atoms with Gasteiger partial charge in [-0.15, -0.1) is 0 Å². The molecule has 218 valence electrons. The predicted octanol–water partition coefficient (Wildman–Crippen LogP) is 2.13. The number of nitrogens with one attached hydrogen (secondary N) is 2. The smallest absolute Gasteiger partial charge is 0.471 e. The van der Waals surface area contributed by atoms with Crippen molar-refractivity contribution in [3.05, 3.63) is 29.8 Å². The molecule has 2 N–H and O–H groups in total. The van der Waals surface area contributed by atoms with Gasteiger partial charge in [0.1, 0.15) is 12.4 Å². The molecule has 0 fully saturated rings. The standard InChI is InChI=1S/C22H30F6N2O8/c1-33-10-11-34-12-13-35-14-15-36-17-4-2-16(3-5-17)18(37-8-6-29-19(31)21(23,24)25)38-9-7-30-20(32)22(26,27)28/h2-5,18H,6-15H2,1H3,(H,29,31)(H,30,32). The Morgan fingerprint density at radius 2 is 1.16 bits per heavy atom. The monoisotopic (exact) mass is 564 g/mol. The molecule has 0 saturated carbocycles. The summed E-state index contributed by atoms with van der Waals surface area (Å²) in [6.45, 7) is 0.389. The molecule has 0 aliphatic heterocycles. The normalized spacial score (nSPS) is 12.0. The van der Waals surface area contributed by atoms with Crippen molar-refractivity contribution in [2.45, 2.75) is 18.6 Å². The average Bonchev–Trinajstić information content (AvgIpc) is 2.85. The minimum absolute atomic E-state index is 0.228. The molecule has 0 heterocycles. The van der Waals surface area contributed by atoms with Crippen LogP contribution in [0, 0.1) is 0 Å². The molecule has 0 saturated heterocycles. The molecule has 1 rings (SSSR count). The summed E-state index contributed by atoms with van der Waals surface area (Å²) < 4.78 is 105. The van der Waals surface area contributed by atoms with Crippen LogP contribution in [-0.4, -0.2) is 97.2 Å². The Labute approximate surface area is 214 Å². The highest BCUT2D eigenvalue weighted by molar-refractivity contribution is 5.81. The van der Waals surface area contributed by atoms with Crippen molar-refractivity contribution in [2.24, 2.45) is 0 Å². The van der Waals surface area contributed by atoms with E-state index in [2.05, 4.69) is 0 Å². The van der Waals surface area contributed by atoms with E-state index in [1.165, 1.54) is 12.1 Å². The molecular weight excluding hydrogens is 534 g/mol. The number of halogens is 6. The van der Waals surface area contributed by atoms with Crippen LogP contribution in [0.3, 0.4) is 0 Å². The van der Waals surface area contributed by atoms with E-state index in [0.717, 1.165) is 0 Å². The first kappa shape index (κ1) is 33.4. The van der Waals surface area contributed by atoms with Gasteiger partial charge in [0, 0.05) is 25.8 Å². The summed E-state index contributed by atoms with van der Waals surface area (Å²) in [4.78, 5) is 21.8. The molecule has 0 radical (unpaired) electrons. The molecule has 10 nitrogen and oxygen atoms in total. The molecule has 0 bridgehead atoms. The van der Waals surface area contributed by atoms with Crippen LogP contribution < -0.4 is 15.4 Å². The van der Waals surface area contributed by atoms with Crippen LogP contribution in [0.15, 0.2) is 24.3 Å². The van der Waals surface area contributed by atoms with Crippen molar-refractivity contribution < 1.29 is 64.4 Å². The Kier molecular flexibility index (Phi) is 15.6. The second kappa shape index (κ2) is 17.8. The highest BCUT2D eigenvalue weighted by atomic mass is 19.4. The van der Waals surface area contributed by atoms with E-state index in [4.69, 9.17) is 28.4 Å². The minimum Gasteiger partial charge on any atom is -0.491 e. The lowest BCUT2D eigenvalue weighted by molar-refractivity contribution is -0.176. The average molecular weight is 564 g/mol. The minimum atomic E-state index is -5.06.